The van der Waals surface area contributed by atoms with Crippen molar-refractivity contribution in [2.45, 2.75) is 12.8 Å². The van der Waals surface area contributed by atoms with Crippen LogP contribution in [0.1, 0.15) is 12.0 Å². The second-order valence-electron chi connectivity index (χ2n) is 6.73. The van der Waals surface area contributed by atoms with Crippen LogP contribution in [0.3, 0.4) is 0 Å². The third-order valence-corrected chi connectivity index (χ3v) is 5.05. The molecule has 0 unspecified atom stereocenters. The second kappa shape index (κ2) is 6.98. The van der Waals surface area contributed by atoms with Crippen LogP contribution in [-0.2, 0) is 11.2 Å². The van der Waals surface area contributed by atoms with Crippen LogP contribution in [0, 0.1) is 11.6 Å². The number of halogens is 2. The van der Waals surface area contributed by atoms with Crippen molar-refractivity contribution in [3.63, 3.8) is 0 Å². The maximum Gasteiger partial charge on any atom is 0.325 e. The fourth-order valence-electron chi connectivity index (χ4n) is 3.66. The Balaban J connectivity index is 1.47. The number of nitrogens with zero attached hydrogens (tertiary/aromatic N) is 3. The highest BCUT2D eigenvalue weighted by Crippen LogP contribution is 2.27. The van der Waals surface area contributed by atoms with Gasteiger partial charge in [0.05, 0.1) is 0 Å². The molecule has 0 bridgehead atoms. The molecule has 7 heteroatoms. The van der Waals surface area contributed by atoms with Crippen LogP contribution >= 0.6 is 0 Å². The molecular weight excluding hydrogens is 352 g/mol. The monoisotopic (exact) mass is 371 g/mol. The molecule has 0 spiro atoms. The van der Waals surface area contributed by atoms with E-state index in [1.807, 2.05) is 24.3 Å². The van der Waals surface area contributed by atoms with Crippen LogP contribution in [-0.4, -0.2) is 43.0 Å². The molecule has 0 N–H and O–H groups in total. The molecule has 1 saturated heterocycles. The summed E-state index contributed by atoms with van der Waals surface area (Å²) in [5.74, 6) is -2.09. The van der Waals surface area contributed by atoms with E-state index >= 15 is 0 Å². The first-order valence-electron chi connectivity index (χ1n) is 8.94. The lowest BCUT2D eigenvalue weighted by Crippen LogP contribution is -2.44. The van der Waals surface area contributed by atoms with Gasteiger partial charge in [0.25, 0.3) is 0 Å². The van der Waals surface area contributed by atoms with E-state index in [1.165, 1.54) is 15.9 Å². The summed E-state index contributed by atoms with van der Waals surface area (Å²) in [6, 6.07) is 10.8. The quantitative estimate of drug-likeness (QED) is 0.832. The third-order valence-electron chi connectivity index (χ3n) is 5.05. The number of rotatable bonds is 3. The number of carbonyl (C=O) groups is 2. The molecule has 2 aromatic carbocycles. The molecule has 2 aliphatic heterocycles. The number of amides is 3. The molecule has 3 amide bonds. The van der Waals surface area contributed by atoms with Gasteiger partial charge in [-0.3, -0.25) is 9.69 Å². The van der Waals surface area contributed by atoms with Crippen LogP contribution in [0.2, 0.25) is 0 Å². The minimum absolute atomic E-state index is 0.0344. The Labute approximate surface area is 155 Å². The van der Waals surface area contributed by atoms with E-state index in [1.54, 1.807) is 4.90 Å². The van der Waals surface area contributed by atoms with E-state index in [0.29, 0.717) is 19.6 Å². The van der Waals surface area contributed by atoms with Crippen LogP contribution in [0.15, 0.2) is 42.5 Å². The van der Waals surface area contributed by atoms with Gasteiger partial charge < -0.3 is 9.80 Å². The molecule has 2 aliphatic rings. The van der Waals surface area contributed by atoms with E-state index in [2.05, 4.69) is 0 Å². The fourth-order valence-corrected chi connectivity index (χ4v) is 3.66. The zero-order chi connectivity index (χ0) is 19.0. The maximum absolute atomic E-state index is 13.5. The third kappa shape index (κ3) is 3.25. The Bertz CT molecular complexity index is 903. The van der Waals surface area contributed by atoms with Crippen molar-refractivity contribution in [1.82, 2.24) is 4.90 Å². The number of carbonyl (C=O) groups excluding carboxylic acids is 2. The molecule has 2 aromatic rings. The number of aryl methyl sites for hydroxylation is 1. The van der Waals surface area contributed by atoms with Gasteiger partial charge in [-0.25, -0.2) is 13.6 Å². The zero-order valence-corrected chi connectivity index (χ0v) is 14.7. The molecule has 27 heavy (non-hydrogen) atoms. The number of para-hydroxylation sites is 1. The van der Waals surface area contributed by atoms with Gasteiger partial charge in [-0.2, -0.15) is 0 Å². The van der Waals surface area contributed by atoms with Crippen molar-refractivity contribution in [2.75, 3.05) is 36.0 Å². The summed E-state index contributed by atoms with van der Waals surface area (Å²) in [5, 5.41) is 0. The minimum atomic E-state index is -1.00. The molecule has 4 rings (SSSR count). The lowest BCUT2D eigenvalue weighted by atomic mass is 10.0. The van der Waals surface area contributed by atoms with E-state index < -0.39 is 11.6 Å². The lowest BCUT2D eigenvalue weighted by Gasteiger charge is -2.30. The summed E-state index contributed by atoms with van der Waals surface area (Å²) >= 11 is 0. The minimum Gasteiger partial charge on any atom is -0.313 e. The standard InChI is InChI=1S/C20H19F2N3O2/c21-16-8-7-15(12-17(16)22)24-11-10-23(20(24)27)13-19(26)25-9-3-5-14-4-1-2-6-18(14)25/h1-2,4,6-8,12H,3,5,9-11,13H2. The number of benzene rings is 2. The Morgan fingerprint density at radius 1 is 1.00 bits per heavy atom. The first-order valence-corrected chi connectivity index (χ1v) is 8.94. The van der Waals surface area contributed by atoms with Gasteiger partial charge in [-0.1, -0.05) is 18.2 Å². The summed E-state index contributed by atoms with van der Waals surface area (Å²) in [7, 11) is 0. The van der Waals surface area contributed by atoms with Gasteiger partial charge in [0.15, 0.2) is 11.6 Å². The average molecular weight is 371 g/mol. The highest BCUT2D eigenvalue weighted by Gasteiger charge is 2.33. The molecule has 140 valence electrons. The second-order valence-corrected chi connectivity index (χ2v) is 6.73. The Hall–Kier alpha value is -2.96. The summed E-state index contributed by atoms with van der Waals surface area (Å²) in [6.07, 6.45) is 1.82. The van der Waals surface area contributed by atoms with Crippen molar-refractivity contribution < 1.29 is 18.4 Å². The van der Waals surface area contributed by atoms with Gasteiger partial charge >= 0.3 is 6.03 Å². The van der Waals surface area contributed by atoms with Crippen LogP contribution in [0.4, 0.5) is 25.0 Å². The average Bonchev–Trinajstić information content (AvgIpc) is 3.04. The van der Waals surface area contributed by atoms with Crippen molar-refractivity contribution >= 4 is 23.3 Å². The van der Waals surface area contributed by atoms with Gasteiger partial charge in [0, 0.05) is 37.1 Å². The number of hydrogen-bond donors (Lipinski definition) is 0. The highest BCUT2D eigenvalue weighted by molar-refractivity contribution is 6.01. The molecular formula is C20H19F2N3O2. The van der Waals surface area contributed by atoms with Crippen molar-refractivity contribution in [3.8, 4) is 0 Å². The smallest absolute Gasteiger partial charge is 0.313 e. The van der Waals surface area contributed by atoms with Gasteiger partial charge in [-0.15, -0.1) is 0 Å². The number of fused-ring (bicyclic) bond motifs is 1. The number of anilines is 2. The van der Waals surface area contributed by atoms with Gasteiger partial charge in [-0.05, 0) is 36.6 Å². The van der Waals surface area contributed by atoms with E-state index in [9.17, 15) is 18.4 Å². The molecule has 0 atom stereocenters. The van der Waals surface area contributed by atoms with Crippen molar-refractivity contribution in [3.05, 3.63) is 59.7 Å². The predicted octanol–water partition coefficient (Wildman–Crippen LogP) is 3.19. The Kier molecular flexibility index (Phi) is 4.51. The summed E-state index contributed by atoms with van der Waals surface area (Å²) in [6.45, 7) is 1.28. The summed E-state index contributed by atoms with van der Waals surface area (Å²) < 4.78 is 26.6. The topological polar surface area (TPSA) is 43.9 Å². The van der Waals surface area contributed by atoms with Gasteiger partial charge in [0.2, 0.25) is 5.91 Å². The Morgan fingerprint density at radius 2 is 1.81 bits per heavy atom. The fraction of sp³-hybridized carbons (Fsp3) is 0.300. The van der Waals surface area contributed by atoms with E-state index in [4.69, 9.17) is 0 Å². The van der Waals surface area contributed by atoms with Crippen LogP contribution in [0.25, 0.3) is 0 Å². The first kappa shape index (κ1) is 17.5. The molecule has 0 saturated carbocycles. The zero-order valence-electron chi connectivity index (χ0n) is 14.7. The largest absolute Gasteiger partial charge is 0.325 e. The summed E-state index contributed by atoms with van der Waals surface area (Å²) in [5.41, 5.74) is 2.32. The molecule has 5 nitrogen and oxygen atoms in total. The van der Waals surface area contributed by atoms with E-state index in [0.717, 1.165) is 36.2 Å². The molecule has 1 fully saturated rings. The van der Waals surface area contributed by atoms with Crippen LogP contribution in [0.5, 0.6) is 0 Å². The number of hydrogen-bond acceptors (Lipinski definition) is 2. The maximum atomic E-state index is 13.5. The van der Waals surface area contributed by atoms with Crippen LogP contribution < -0.4 is 9.80 Å². The number of urea groups is 1. The van der Waals surface area contributed by atoms with Crippen molar-refractivity contribution in [1.29, 1.82) is 0 Å². The predicted molar refractivity (Wildman–Crippen MR) is 97.8 cm³/mol. The first-order chi connectivity index (χ1) is 13.0. The lowest BCUT2D eigenvalue weighted by molar-refractivity contribution is -0.119. The molecule has 0 radical (unpaired) electrons. The molecule has 0 aliphatic carbocycles. The van der Waals surface area contributed by atoms with E-state index in [-0.39, 0.29) is 24.2 Å². The Morgan fingerprint density at radius 3 is 2.63 bits per heavy atom. The van der Waals surface area contributed by atoms with Crippen molar-refractivity contribution in [2.24, 2.45) is 0 Å². The normalized spacial score (nSPS) is 16.7. The SMILES string of the molecule is O=C1N(CC(=O)N2CCCc3ccccc32)CCN1c1ccc(F)c(F)c1. The summed E-state index contributed by atoms with van der Waals surface area (Å²) in [4.78, 5) is 30.0. The molecule has 2 heterocycles. The molecule has 0 aromatic heterocycles. The highest BCUT2D eigenvalue weighted by atomic mass is 19.2. The van der Waals surface area contributed by atoms with Gasteiger partial charge in [0.1, 0.15) is 6.54 Å².